The average molecular weight is 402 g/mol. The van der Waals surface area contributed by atoms with Crippen molar-refractivity contribution >= 4 is 27.9 Å². The Morgan fingerprint density at radius 2 is 2.12 bits per heavy atom. The van der Waals surface area contributed by atoms with Crippen molar-refractivity contribution in [3.63, 3.8) is 0 Å². The molecule has 0 bridgehead atoms. The van der Waals surface area contributed by atoms with Crippen LogP contribution in [0.25, 0.3) is 0 Å². The molecule has 0 spiro atoms. The smallest absolute Gasteiger partial charge is 0.407 e. The van der Waals surface area contributed by atoms with Gasteiger partial charge >= 0.3 is 6.09 Å². The van der Waals surface area contributed by atoms with Crippen molar-refractivity contribution in [1.82, 2.24) is 15.2 Å². The Bertz CT molecular complexity index is 561. The quantitative estimate of drug-likeness (QED) is 0.618. The lowest BCUT2D eigenvalue weighted by Gasteiger charge is -2.31. The van der Waals surface area contributed by atoms with Crippen LogP contribution < -0.4 is 10.1 Å². The van der Waals surface area contributed by atoms with Crippen molar-refractivity contribution in [1.29, 1.82) is 0 Å². The van der Waals surface area contributed by atoms with Gasteiger partial charge < -0.3 is 25.2 Å². The Morgan fingerprint density at radius 1 is 1.42 bits per heavy atom. The summed E-state index contributed by atoms with van der Waals surface area (Å²) < 4.78 is 6.27. The summed E-state index contributed by atoms with van der Waals surface area (Å²) in [6, 6.07) is 3.28. The van der Waals surface area contributed by atoms with E-state index in [1.54, 1.807) is 12.1 Å². The van der Waals surface area contributed by atoms with Gasteiger partial charge in [0.15, 0.2) is 6.10 Å². The third-order valence-corrected chi connectivity index (χ3v) is 4.24. The van der Waals surface area contributed by atoms with Crippen molar-refractivity contribution in [2.75, 3.05) is 19.7 Å². The number of carbonyl (C=O) groups is 2. The van der Waals surface area contributed by atoms with Gasteiger partial charge in [-0.3, -0.25) is 4.79 Å². The van der Waals surface area contributed by atoms with E-state index in [4.69, 9.17) is 14.9 Å². The number of ether oxygens (including phenoxy) is 1. The Balaban J connectivity index is 1.89. The van der Waals surface area contributed by atoms with E-state index in [1.165, 1.54) is 11.1 Å². The molecule has 132 valence electrons. The molecule has 1 saturated heterocycles. The molecule has 1 aliphatic heterocycles. The molecule has 1 fully saturated rings. The molecule has 0 saturated carbocycles. The van der Waals surface area contributed by atoms with Crippen molar-refractivity contribution in [3.8, 4) is 5.75 Å². The largest absolute Gasteiger partial charge is 0.479 e. The van der Waals surface area contributed by atoms with E-state index in [0.717, 1.165) is 0 Å². The van der Waals surface area contributed by atoms with Crippen LogP contribution in [0.4, 0.5) is 4.79 Å². The van der Waals surface area contributed by atoms with Gasteiger partial charge in [-0.1, -0.05) is 0 Å². The van der Waals surface area contributed by atoms with E-state index in [2.05, 4.69) is 26.2 Å². The maximum atomic E-state index is 12.4. The van der Waals surface area contributed by atoms with Crippen LogP contribution in [0.1, 0.15) is 19.3 Å². The monoisotopic (exact) mass is 401 g/mol. The topological polar surface area (TPSA) is 112 Å². The van der Waals surface area contributed by atoms with Crippen molar-refractivity contribution < 1.29 is 24.5 Å². The predicted octanol–water partition coefficient (Wildman–Crippen LogP) is 1.23. The first-order valence-corrected chi connectivity index (χ1v) is 8.46. The number of hydrogen-bond donors (Lipinski definition) is 3. The number of pyridine rings is 1. The average Bonchev–Trinajstić information content (AvgIpc) is 2.57. The number of amides is 2. The molecule has 9 heteroatoms. The summed E-state index contributed by atoms with van der Waals surface area (Å²) in [5.74, 6) is 0.119. The number of carbonyl (C=O) groups excluding carboxylic acids is 1. The van der Waals surface area contributed by atoms with Crippen LogP contribution in [0.3, 0.4) is 0 Å². The van der Waals surface area contributed by atoms with Crippen LogP contribution in [0.15, 0.2) is 22.9 Å². The Morgan fingerprint density at radius 3 is 2.67 bits per heavy atom. The zero-order valence-electron chi connectivity index (χ0n) is 13.0. The van der Waals surface area contributed by atoms with Gasteiger partial charge in [-0.15, -0.1) is 0 Å². The molecular formula is C15H20BrN3O5. The van der Waals surface area contributed by atoms with Gasteiger partial charge in [-0.2, -0.15) is 0 Å². The highest BCUT2D eigenvalue weighted by Crippen LogP contribution is 2.16. The molecule has 0 unspecified atom stereocenters. The van der Waals surface area contributed by atoms with Crippen molar-refractivity contribution in [2.24, 2.45) is 0 Å². The number of aromatic nitrogens is 1. The Labute approximate surface area is 147 Å². The zero-order valence-corrected chi connectivity index (χ0v) is 14.6. The Kier molecular flexibility index (Phi) is 6.80. The van der Waals surface area contributed by atoms with Crippen molar-refractivity contribution in [3.05, 3.63) is 22.9 Å². The molecule has 8 nitrogen and oxygen atoms in total. The van der Waals surface area contributed by atoms with Gasteiger partial charge in [-0.25, -0.2) is 9.78 Å². The number of piperidine rings is 1. The van der Waals surface area contributed by atoms with Gasteiger partial charge in [0, 0.05) is 32.2 Å². The number of carboxylic acid groups (broad SMARTS) is 1. The van der Waals surface area contributed by atoms with E-state index in [1.807, 2.05) is 0 Å². The molecular weight excluding hydrogens is 382 g/mol. The normalized spacial score (nSPS) is 16.5. The number of nitrogens with zero attached hydrogens (tertiary/aromatic N) is 2. The van der Waals surface area contributed by atoms with Gasteiger partial charge in [-0.05, 0) is 40.9 Å². The minimum Gasteiger partial charge on any atom is -0.479 e. The summed E-state index contributed by atoms with van der Waals surface area (Å²) in [4.78, 5) is 28.6. The first kappa shape index (κ1) is 18.5. The number of likely N-dealkylation sites (tertiary alicyclic amines) is 1. The summed E-state index contributed by atoms with van der Waals surface area (Å²) in [5.41, 5.74) is 0. The number of nitrogens with one attached hydrogen (secondary N) is 1. The van der Waals surface area contributed by atoms with Crippen LogP contribution in [0, 0.1) is 0 Å². The first-order valence-electron chi connectivity index (χ1n) is 7.67. The second-order valence-electron chi connectivity index (χ2n) is 5.49. The summed E-state index contributed by atoms with van der Waals surface area (Å²) in [7, 11) is 0. The molecule has 0 aliphatic carbocycles. The predicted molar refractivity (Wildman–Crippen MR) is 88.8 cm³/mol. The highest BCUT2D eigenvalue weighted by atomic mass is 79.9. The fraction of sp³-hybridized carbons (Fsp3) is 0.533. The summed E-state index contributed by atoms with van der Waals surface area (Å²) in [6.45, 7) is 0.602. The van der Waals surface area contributed by atoms with E-state index < -0.39 is 12.2 Å². The van der Waals surface area contributed by atoms with E-state index >= 15 is 0 Å². The van der Waals surface area contributed by atoms with E-state index in [0.29, 0.717) is 36.3 Å². The minimum absolute atomic E-state index is 0.0964. The number of rotatable bonds is 6. The molecule has 0 radical (unpaired) electrons. The lowest BCUT2D eigenvalue weighted by Crippen LogP contribution is -2.49. The highest BCUT2D eigenvalue weighted by molar-refractivity contribution is 9.10. The molecule has 1 aromatic rings. The molecule has 1 aliphatic rings. The second-order valence-corrected chi connectivity index (χ2v) is 6.30. The fourth-order valence-corrected chi connectivity index (χ4v) is 2.70. The maximum Gasteiger partial charge on any atom is 0.407 e. The molecule has 2 rings (SSSR count). The SMILES string of the molecule is O=C(NC1CCN(C(=O)O)CC1)[C@H](CCO)Oc1ccc(Br)nc1. The highest BCUT2D eigenvalue weighted by Gasteiger charge is 2.27. The molecule has 24 heavy (non-hydrogen) atoms. The fourth-order valence-electron chi connectivity index (χ4n) is 2.47. The third kappa shape index (κ3) is 5.34. The lowest BCUT2D eigenvalue weighted by molar-refractivity contribution is -0.129. The molecule has 0 aromatic carbocycles. The molecule has 3 N–H and O–H groups in total. The van der Waals surface area contributed by atoms with Gasteiger partial charge in [0.1, 0.15) is 10.4 Å². The van der Waals surface area contributed by atoms with E-state index in [9.17, 15) is 9.59 Å². The number of aliphatic hydroxyl groups is 1. The van der Waals surface area contributed by atoms with E-state index in [-0.39, 0.29) is 25.0 Å². The number of aliphatic hydroxyl groups excluding tert-OH is 1. The van der Waals surface area contributed by atoms with Gasteiger partial charge in [0.25, 0.3) is 5.91 Å². The summed E-state index contributed by atoms with van der Waals surface area (Å²) in [5, 5.41) is 21.0. The van der Waals surface area contributed by atoms with Crippen LogP contribution in [-0.2, 0) is 4.79 Å². The van der Waals surface area contributed by atoms with Crippen LogP contribution in [0.5, 0.6) is 5.75 Å². The zero-order chi connectivity index (χ0) is 17.5. The van der Waals surface area contributed by atoms with Crippen LogP contribution >= 0.6 is 15.9 Å². The van der Waals surface area contributed by atoms with Crippen LogP contribution in [0.2, 0.25) is 0 Å². The molecule has 1 aromatic heterocycles. The molecule has 2 heterocycles. The second kappa shape index (κ2) is 8.84. The summed E-state index contributed by atoms with van der Waals surface area (Å²) >= 11 is 3.22. The van der Waals surface area contributed by atoms with Crippen molar-refractivity contribution in [2.45, 2.75) is 31.4 Å². The maximum absolute atomic E-state index is 12.4. The minimum atomic E-state index is -0.941. The molecule has 1 atom stereocenters. The number of halogens is 1. The standard InChI is InChI=1S/C15H20BrN3O5/c16-13-2-1-11(9-17-13)24-12(5-8-20)14(21)18-10-3-6-19(7-4-10)15(22)23/h1-2,9-10,12,20H,3-8H2,(H,18,21)(H,22,23)/t12-/m0/s1. The van der Waals surface area contributed by atoms with Crippen LogP contribution in [-0.4, -0.2) is 63.9 Å². The van der Waals surface area contributed by atoms with Gasteiger partial charge in [0.2, 0.25) is 0 Å². The molecule has 2 amide bonds. The summed E-state index contributed by atoms with van der Waals surface area (Å²) in [6.07, 6.45) is 1.01. The Hall–Kier alpha value is -1.87. The lowest BCUT2D eigenvalue weighted by atomic mass is 10.0. The van der Waals surface area contributed by atoms with Gasteiger partial charge in [0.05, 0.1) is 6.20 Å². The first-order chi connectivity index (χ1) is 11.5. The third-order valence-electron chi connectivity index (χ3n) is 3.77. The number of hydrogen-bond acceptors (Lipinski definition) is 5.